The number of nitrogens with zero attached hydrogens (tertiary/aromatic N) is 2. The van der Waals surface area contributed by atoms with Crippen LogP contribution >= 0.6 is 0 Å². The molecular weight excluding hydrogens is 240 g/mol. The minimum Gasteiger partial charge on any atom is -0.464 e. The normalized spacial score (nSPS) is 12.2. The third-order valence-corrected chi connectivity index (χ3v) is 2.74. The van der Waals surface area contributed by atoms with E-state index in [4.69, 9.17) is 4.42 Å². The van der Waals surface area contributed by atoms with Crippen molar-refractivity contribution in [2.45, 2.75) is 33.2 Å². The Labute approximate surface area is 113 Å². The lowest BCUT2D eigenvalue weighted by Gasteiger charge is -2.12. The number of aromatic nitrogens is 2. The number of furan rings is 1. The van der Waals surface area contributed by atoms with Gasteiger partial charge in [-0.3, -0.25) is 4.98 Å². The third-order valence-electron chi connectivity index (χ3n) is 2.74. The summed E-state index contributed by atoms with van der Waals surface area (Å²) in [6, 6.07) is 3.99. The Bertz CT molecular complexity index is 524. The topological polar surface area (TPSA) is 63.0 Å². The van der Waals surface area contributed by atoms with Crippen LogP contribution in [-0.4, -0.2) is 16.5 Å². The van der Waals surface area contributed by atoms with Gasteiger partial charge in [0.25, 0.3) is 0 Å². The van der Waals surface area contributed by atoms with Crippen molar-refractivity contribution in [2.75, 3.05) is 17.2 Å². The quantitative estimate of drug-likeness (QED) is 0.833. The second-order valence-corrected chi connectivity index (χ2v) is 4.53. The summed E-state index contributed by atoms with van der Waals surface area (Å²) in [5.41, 5.74) is 0. The summed E-state index contributed by atoms with van der Waals surface area (Å²) >= 11 is 0. The first-order valence-corrected chi connectivity index (χ1v) is 6.58. The van der Waals surface area contributed by atoms with Crippen LogP contribution in [0.25, 0.3) is 0 Å². The zero-order chi connectivity index (χ0) is 13.7. The molecule has 0 saturated carbocycles. The van der Waals surface area contributed by atoms with Crippen LogP contribution in [0.1, 0.15) is 37.8 Å². The van der Waals surface area contributed by atoms with Gasteiger partial charge in [0.05, 0.1) is 18.4 Å². The maximum Gasteiger partial charge on any atom is 0.147 e. The van der Waals surface area contributed by atoms with E-state index >= 15 is 0 Å². The number of rotatable bonds is 6. The zero-order valence-corrected chi connectivity index (χ0v) is 11.6. The van der Waals surface area contributed by atoms with Crippen molar-refractivity contribution in [1.82, 2.24) is 9.97 Å². The smallest absolute Gasteiger partial charge is 0.147 e. The Morgan fingerprint density at radius 1 is 1.26 bits per heavy atom. The average Bonchev–Trinajstić information content (AvgIpc) is 2.83. The highest BCUT2D eigenvalue weighted by Crippen LogP contribution is 2.20. The molecule has 1 atom stereocenters. The van der Waals surface area contributed by atoms with Gasteiger partial charge in [-0.1, -0.05) is 6.92 Å². The van der Waals surface area contributed by atoms with E-state index < -0.39 is 0 Å². The van der Waals surface area contributed by atoms with Gasteiger partial charge in [0, 0.05) is 6.54 Å². The highest BCUT2D eigenvalue weighted by atomic mass is 16.3. The van der Waals surface area contributed by atoms with Crippen LogP contribution in [0.15, 0.2) is 28.9 Å². The van der Waals surface area contributed by atoms with Crippen LogP contribution in [0.3, 0.4) is 0 Å². The molecule has 19 heavy (non-hydrogen) atoms. The van der Waals surface area contributed by atoms with Crippen LogP contribution in [0, 0.1) is 6.92 Å². The fourth-order valence-corrected chi connectivity index (χ4v) is 1.75. The van der Waals surface area contributed by atoms with E-state index in [1.54, 1.807) is 12.4 Å². The standard InChI is InChI=1S/C14H20N4O/c1-4-7-16-13-8-15-9-14(18-13)17-11(3)12-6-5-10(2)19-12/h5-6,8-9,11H,4,7H2,1-3H3,(H2,16,17,18). The van der Waals surface area contributed by atoms with E-state index in [2.05, 4.69) is 27.5 Å². The third kappa shape index (κ3) is 3.71. The molecule has 2 heterocycles. The fraction of sp³-hybridized carbons (Fsp3) is 0.429. The zero-order valence-electron chi connectivity index (χ0n) is 11.6. The SMILES string of the molecule is CCCNc1cncc(NC(C)c2ccc(C)o2)n1. The summed E-state index contributed by atoms with van der Waals surface area (Å²) in [6.07, 6.45) is 4.49. The largest absolute Gasteiger partial charge is 0.464 e. The lowest BCUT2D eigenvalue weighted by atomic mass is 10.2. The summed E-state index contributed by atoms with van der Waals surface area (Å²) in [4.78, 5) is 8.63. The van der Waals surface area contributed by atoms with Crippen LogP contribution in [0.5, 0.6) is 0 Å². The van der Waals surface area contributed by atoms with Crippen LogP contribution < -0.4 is 10.6 Å². The number of anilines is 2. The van der Waals surface area contributed by atoms with E-state index in [1.807, 2.05) is 26.0 Å². The highest BCUT2D eigenvalue weighted by molar-refractivity contribution is 5.42. The molecule has 2 N–H and O–H groups in total. The maximum atomic E-state index is 5.59. The van der Waals surface area contributed by atoms with E-state index in [0.717, 1.165) is 36.1 Å². The second kappa shape index (κ2) is 6.22. The molecule has 0 aromatic carbocycles. The van der Waals surface area contributed by atoms with E-state index in [0.29, 0.717) is 0 Å². The monoisotopic (exact) mass is 260 g/mol. The van der Waals surface area contributed by atoms with Gasteiger partial charge in [-0.15, -0.1) is 0 Å². The van der Waals surface area contributed by atoms with Gasteiger partial charge in [-0.25, -0.2) is 4.98 Å². The molecule has 0 bridgehead atoms. The summed E-state index contributed by atoms with van der Waals surface area (Å²) in [5, 5.41) is 6.50. The summed E-state index contributed by atoms with van der Waals surface area (Å²) < 4.78 is 5.59. The highest BCUT2D eigenvalue weighted by Gasteiger charge is 2.10. The molecule has 0 radical (unpaired) electrons. The Morgan fingerprint density at radius 3 is 2.74 bits per heavy atom. The summed E-state index contributed by atoms with van der Waals surface area (Å²) in [5.74, 6) is 3.33. The van der Waals surface area contributed by atoms with Crippen molar-refractivity contribution in [3.05, 3.63) is 36.0 Å². The molecule has 2 aromatic rings. The maximum absolute atomic E-state index is 5.59. The van der Waals surface area contributed by atoms with Crippen LogP contribution in [0.4, 0.5) is 11.6 Å². The first-order chi connectivity index (χ1) is 9.19. The van der Waals surface area contributed by atoms with Crippen molar-refractivity contribution < 1.29 is 4.42 Å². The second-order valence-electron chi connectivity index (χ2n) is 4.53. The first-order valence-electron chi connectivity index (χ1n) is 6.58. The Morgan fingerprint density at radius 2 is 2.05 bits per heavy atom. The molecule has 102 valence electrons. The van der Waals surface area contributed by atoms with Gasteiger partial charge in [0.1, 0.15) is 23.2 Å². The van der Waals surface area contributed by atoms with Crippen molar-refractivity contribution in [2.24, 2.45) is 0 Å². The van der Waals surface area contributed by atoms with Gasteiger partial charge in [0.2, 0.25) is 0 Å². The lowest BCUT2D eigenvalue weighted by Crippen LogP contribution is -2.09. The average molecular weight is 260 g/mol. The molecule has 0 amide bonds. The van der Waals surface area contributed by atoms with Crippen molar-refractivity contribution in [3.63, 3.8) is 0 Å². The number of aryl methyl sites for hydroxylation is 1. The minimum atomic E-state index is 0.0597. The molecule has 0 aliphatic rings. The number of hydrogen-bond donors (Lipinski definition) is 2. The number of hydrogen-bond acceptors (Lipinski definition) is 5. The lowest BCUT2D eigenvalue weighted by molar-refractivity contribution is 0.466. The predicted octanol–water partition coefficient (Wildman–Crippen LogP) is 3.37. The van der Waals surface area contributed by atoms with Crippen LogP contribution in [-0.2, 0) is 0 Å². The Balaban J connectivity index is 2.02. The Hall–Kier alpha value is -2.04. The van der Waals surface area contributed by atoms with Crippen molar-refractivity contribution in [1.29, 1.82) is 0 Å². The fourth-order valence-electron chi connectivity index (χ4n) is 1.75. The molecule has 0 fully saturated rings. The summed E-state index contributed by atoms with van der Waals surface area (Å²) in [6.45, 7) is 6.98. The molecular formula is C14H20N4O. The number of nitrogens with one attached hydrogen (secondary N) is 2. The molecule has 0 spiro atoms. The molecule has 2 aromatic heterocycles. The predicted molar refractivity (Wildman–Crippen MR) is 76.3 cm³/mol. The first kappa shape index (κ1) is 13.4. The molecule has 2 rings (SSSR count). The van der Waals surface area contributed by atoms with Gasteiger partial charge in [-0.2, -0.15) is 0 Å². The molecule has 5 nitrogen and oxygen atoms in total. The van der Waals surface area contributed by atoms with E-state index in [1.165, 1.54) is 0 Å². The summed E-state index contributed by atoms with van der Waals surface area (Å²) in [7, 11) is 0. The Kier molecular flexibility index (Phi) is 4.39. The van der Waals surface area contributed by atoms with E-state index in [-0.39, 0.29) is 6.04 Å². The van der Waals surface area contributed by atoms with E-state index in [9.17, 15) is 0 Å². The molecule has 0 aliphatic heterocycles. The van der Waals surface area contributed by atoms with Gasteiger partial charge in [-0.05, 0) is 32.4 Å². The van der Waals surface area contributed by atoms with Gasteiger partial charge < -0.3 is 15.1 Å². The van der Waals surface area contributed by atoms with Gasteiger partial charge >= 0.3 is 0 Å². The van der Waals surface area contributed by atoms with Crippen molar-refractivity contribution in [3.8, 4) is 0 Å². The van der Waals surface area contributed by atoms with Crippen molar-refractivity contribution >= 4 is 11.6 Å². The molecule has 5 heteroatoms. The van der Waals surface area contributed by atoms with Gasteiger partial charge in [0.15, 0.2) is 0 Å². The molecule has 1 unspecified atom stereocenters. The molecule has 0 saturated heterocycles. The minimum absolute atomic E-state index is 0.0597. The molecule has 0 aliphatic carbocycles. The van der Waals surface area contributed by atoms with Crippen LogP contribution in [0.2, 0.25) is 0 Å².